The number of aliphatic hydroxyl groups excluding tert-OH is 5. The summed E-state index contributed by atoms with van der Waals surface area (Å²) in [5.41, 5.74) is 0. The van der Waals surface area contributed by atoms with E-state index < -0.39 is 36.3 Å². The van der Waals surface area contributed by atoms with E-state index in [0.29, 0.717) is 0 Å². The summed E-state index contributed by atoms with van der Waals surface area (Å²) in [5.74, 6) is -4.62. The van der Waals surface area contributed by atoms with Crippen LogP contribution in [0.2, 0.25) is 0 Å². The van der Waals surface area contributed by atoms with Gasteiger partial charge in [-0.1, -0.05) is 0 Å². The first-order valence-electron chi connectivity index (χ1n) is 3.24. The molecule has 1 radical (unpaired) electrons. The van der Waals surface area contributed by atoms with E-state index in [-0.39, 0.29) is 29.6 Å². The van der Waals surface area contributed by atoms with Crippen LogP contribution >= 0.6 is 0 Å². The van der Waals surface area contributed by atoms with Crippen LogP contribution in [0.25, 0.3) is 0 Å². The fraction of sp³-hybridized carbons (Fsp3) is 0.500. The largest absolute Gasteiger partial charge is 0.506 e. The standard InChI is InChI=1S/C6H10O7.Na/c7-1-2(8)3(9)4(10)5(11)6(12)13;/h2-3,7-11H,1H2,(H,12,13);. The first-order valence-corrected chi connectivity index (χ1v) is 3.24. The number of carboxylic acids is 1. The quantitative estimate of drug-likeness (QED) is 0.177. The molecule has 0 aromatic carbocycles. The van der Waals surface area contributed by atoms with Gasteiger partial charge in [-0.25, -0.2) is 4.79 Å². The van der Waals surface area contributed by atoms with Crippen molar-refractivity contribution in [2.45, 2.75) is 12.2 Å². The molecule has 0 aliphatic rings. The van der Waals surface area contributed by atoms with E-state index in [1.54, 1.807) is 0 Å². The maximum Gasteiger partial charge on any atom is 0.374 e. The predicted octanol–water partition coefficient (Wildman–Crippen LogP) is -2.27. The van der Waals surface area contributed by atoms with Crippen molar-refractivity contribution >= 4 is 35.5 Å². The summed E-state index contributed by atoms with van der Waals surface area (Å²) in [6.07, 6.45) is -3.78. The summed E-state index contributed by atoms with van der Waals surface area (Å²) < 4.78 is 0. The van der Waals surface area contributed by atoms with Crippen LogP contribution < -0.4 is 0 Å². The number of rotatable bonds is 4. The molecule has 0 saturated carbocycles. The smallest absolute Gasteiger partial charge is 0.374 e. The monoisotopic (exact) mass is 217 g/mol. The van der Waals surface area contributed by atoms with Gasteiger partial charge in [0.15, 0.2) is 5.76 Å². The Morgan fingerprint density at radius 1 is 1.14 bits per heavy atom. The third kappa shape index (κ3) is 4.27. The summed E-state index contributed by atoms with van der Waals surface area (Å²) in [4.78, 5) is 10.0. The van der Waals surface area contributed by atoms with Crippen molar-refractivity contribution in [3.8, 4) is 0 Å². The number of carbonyl (C=O) groups is 1. The summed E-state index contributed by atoms with van der Waals surface area (Å²) in [6, 6.07) is 0. The Hall–Kier alpha value is -0.310. The summed E-state index contributed by atoms with van der Waals surface area (Å²) >= 11 is 0. The van der Waals surface area contributed by atoms with Crippen molar-refractivity contribution in [1.82, 2.24) is 0 Å². The first kappa shape index (κ1) is 16.1. The van der Waals surface area contributed by atoms with Crippen molar-refractivity contribution in [3.63, 3.8) is 0 Å². The van der Waals surface area contributed by atoms with E-state index in [0.717, 1.165) is 0 Å². The maximum absolute atomic E-state index is 10.0. The van der Waals surface area contributed by atoms with Gasteiger partial charge < -0.3 is 30.6 Å². The van der Waals surface area contributed by atoms with Gasteiger partial charge in [-0.3, -0.25) is 0 Å². The Kier molecular flexibility index (Phi) is 8.12. The van der Waals surface area contributed by atoms with Crippen LogP contribution in [0.3, 0.4) is 0 Å². The second-order valence-electron chi connectivity index (χ2n) is 2.23. The molecular weight excluding hydrogens is 207 g/mol. The van der Waals surface area contributed by atoms with Gasteiger partial charge in [-0.15, -0.1) is 0 Å². The minimum absolute atomic E-state index is 0. The van der Waals surface area contributed by atoms with E-state index in [1.165, 1.54) is 0 Å². The van der Waals surface area contributed by atoms with E-state index in [4.69, 9.17) is 30.6 Å². The van der Waals surface area contributed by atoms with Crippen LogP contribution in [-0.4, -0.2) is 85.0 Å². The van der Waals surface area contributed by atoms with Gasteiger partial charge in [0.25, 0.3) is 0 Å². The third-order valence-corrected chi connectivity index (χ3v) is 1.28. The van der Waals surface area contributed by atoms with Gasteiger partial charge in [0.2, 0.25) is 5.76 Å². The van der Waals surface area contributed by atoms with Crippen LogP contribution in [0, 0.1) is 0 Å². The fourth-order valence-electron chi connectivity index (χ4n) is 0.532. The van der Waals surface area contributed by atoms with Crippen LogP contribution in [0.15, 0.2) is 11.5 Å². The van der Waals surface area contributed by atoms with Crippen molar-refractivity contribution < 1.29 is 35.4 Å². The summed E-state index contributed by atoms with van der Waals surface area (Å²) in [6.45, 7) is -0.877. The third-order valence-electron chi connectivity index (χ3n) is 1.28. The fourth-order valence-corrected chi connectivity index (χ4v) is 0.532. The van der Waals surface area contributed by atoms with Crippen molar-refractivity contribution in [1.29, 1.82) is 0 Å². The van der Waals surface area contributed by atoms with Gasteiger partial charge in [0.05, 0.1) is 6.61 Å². The topological polar surface area (TPSA) is 138 Å². The van der Waals surface area contributed by atoms with Crippen LogP contribution in [0.4, 0.5) is 0 Å². The summed E-state index contributed by atoms with van der Waals surface area (Å²) in [5, 5.41) is 51.4. The molecule has 0 aliphatic carbocycles. The molecule has 0 rings (SSSR count). The van der Waals surface area contributed by atoms with Crippen molar-refractivity contribution in [2.75, 3.05) is 6.61 Å². The molecule has 0 spiro atoms. The van der Waals surface area contributed by atoms with Gasteiger partial charge >= 0.3 is 5.97 Å². The Morgan fingerprint density at radius 2 is 1.57 bits per heavy atom. The zero-order chi connectivity index (χ0) is 10.6. The van der Waals surface area contributed by atoms with E-state index >= 15 is 0 Å². The van der Waals surface area contributed by atoms with Crippen molar-refractivity contribution in [2.24, 2.45) is 0 Å². The molecule has 0 amide bonds. The number of hydrogen-bond donors (Lipinski definition) is 6. The number of hydrogen-bond acceptors (Lipinski definition) is 6. The van der Waals surface area contributed by atoms with Crippen LogP contribution in [0.1, 0.15) is 0 Å². The molecule has 2 atom stereocenters. The molecule has 0 aromatic heterocycles. The van der Waals surface area contributed by atoms with E-state index in [9.17, 15) is 4.79 Å². The SMILES string of the molecule is O=C(O)C(O)=C(O)C(O)C(O)CO.[Na]. The van der Waals surface area contributed by atoms with E-state index in [1.807, 2.05) is 0 Å². The first-order chi connectivity index (χ1) is 5.91. The molecule has 0 heterocycles. The van der Waals surface area contributed by atoms with Gasteiger partial charge in [0.1, 0.15) is 12.2 Å². The summed E-state index contributed by atoms with van der Waals surface area (Å²) in [7, 11) is 0. The molecule has 77 valence electrons. The molecule has 14 heavy (non-hydrogen) atoms. The Bertz CT molecular complexity index is 226. The molecule has 0 aromatic rings. The van der Waals surface area contributed by atoms with Gasteiger partial charge in [0, 0.05) is 29.6 Å². The Morgan fingerprint density at radius 3 is 1.86 bits per heavy atom. The molecule has 7 nitrogen and oxygen atoms in total. The maximum atomic E-state index is 10.0. The molecule has 0 bridgehead atoms. The zero-order valence-electron chi connectivity index (χ0n) is 7.45. The molecule has 8 heteroatoms. The number of carboxylic acid groups (broad SMARTS) is 1. The average Bonchev–Trinajstić information content (AvgIpc) is 2.12. The second-order valence-corrected chi connectivity index (χ2v) is 2.23. The molecular formula is C6H10NaO7. The minimum Gasteiger partial charge on any atom is -0.506 e. The van der Waals surface area contributed by atoms with Crippen LogP contribution in [-0.2, 0) is 4.79 Å². The van der Waals surface area contributed by atoms with Crippen LogP contribution in [0.5, 0.6) is 0 Å². The molecule has 6 N–H and O–H groups in total. The predicted molar refractivity (Wildman–Crippen MR) is 44.8 cm³/mol. The zero-order valence-corrected chi connectivity index (χ0v) is 9.45. The molecule has 0 fully saturated rings. The molecule has 2 unspecified atom stereocenters. The Balaban J connectivity index is 0. The van der Waals surface area contributed by atoms with Gasteiger partial charge in [-0.2, -0.15) is 0 Å². The number of aliphatic carboxylic acids is 1. The average molecular weight is 217 g/mol. The van der Waals surface area contributed by atoms with Gasteiger partial charge in [-0.05, 0) is 0 Å². The molecule has 0 aliphatic heterocycles. The second kappa shape index (κ2) is 7.04. The van der Waals surface area contributed by atoms with Crippen molar-refractivity contribution in [3.05, 3.63) is 11.5 Å². The normalized spacial score (nSPS) is 16.2. The molecule has 0 saturated heterocycles. The number of aliphatic hydroxyl groups is 5. The Labute approximate surface area is 101 Å². The van der Waals surface area contributed by atoms with E-state index in [2.05, 4.69) is 0 Å². The minimum atomic E-state index is -2.03.